The van der Waals surface area contributed by atoms with E-state index in [4.69, 9.17) is 5.11 Å². The number of halogens is 2. The van der Waals surface area contributed by atoms with Crippen molar-refractivity contribution in [2.45, 2.75) is 6.92 Å². The number of rotatable bonds is 0. The van der Waals surface area contributed by atoms with Crippen LogP contribution in [0.15, 0.2) is 60.7 Å². The van der Waals surface area contributed by atoms with Crippen LogP contribution in [0.25, 0.3) is 0 Å². The molecule has 3 heteroatoms. The highest BCUT2D eigenvalue weighted by Gasteiger charge is 1.74. The van der Waals surface area contributed by atoms with E-state index in [1.807, 2.05) is 24.3 Å². The summed E-state index contributed by atoms with van der Waals surface area (Å²) in [6, 6.07) is 19.0. The van der Waals surface area contributed by atoms with Crippen LogP contribution in [-0.2, 0) is 0 Å². The predicted octanol–water partition coefficient (Wildman–Crippen LogP) is -2.60. The van der Waals surface area contributed by atoms with Gasteiger partial charge in [0.05, 0.1) is 0 Å². The van der Waals surface area contributed by atoms with Gasteiger partial charge < -0.3 is 39.1 Å². The summed E-state index contributed by atoms with van der Waals surface area (Å²) in [4.78, 5) is 0. The summed E-state index contributed by atoms with van der Waals surface area (Å²) >= 11 is 0. The Morgan fingerprint density at radius 2 is 1.06 bits per heavy atom. The van der Waals surface area contributed by atoms with E-state index in [0.29, 0.717) is 5.75 Å². The molecule has 0 aliphatic heterocycles. The molecule has 2 aromatic carbocycles. The third kappa shape index (κ3) is 8.50. The molecule has 0 bridgehead atoms. The Balaban J connectivity index is 0. The Hall–Kier alpha value is -0.800. The molecule has 0 aromatic heterocycles. The summed E-state index contributed by atoms with van der Waals surface area (Å²) in [5.74, 6) is 0.322. The molecule has 0 aliphatic rings. The van der Waals surface area contributed by atoms with Crippen LogP contribution in [0.4, 0.5) is 0 Å². The third-order valence-corrected chi connectivity index (χ3v) is 1.70. The van der Waals surface area contributed by atoms with Crippen LogP contribution < -0.4 is 34.0 Å². The monoisotopic (exact) mass is 344 g/mol. The highest BCUT2D eigenvalue weighted by Crippen LogP contribution is 2.02. The molecular weight excluding hydrogens is 332 g/mol. The van der Waals surface area contributed by atoms with Crippen LogP contribution in [-0.4, -0.2) is 5.11 Å². The number of phenols is 1. The van der Waals surface area contributed by atoms with Gasteiger partial charge in [0.1, 0.15) is 5.75 Å². The number of aromatic hydroxyl groups is 1. The maximum absolute atomic E-state index is 8.63. The molecular formula is C13H14Br2O-2. The molecule has 2 aromatic rings. The minimum absolute atomic E-state index is 0. The van der Waals surface area contributed by atoms with Crippen molar-refractivity contribution in [3.05, 3.63) is 66.2 Å². The Morgan fingerprint density at radius 3 is 1.25 bits per heavy atom. The van der Waals surface area contributed by atoms with Gasteiger partial charge in [-0.1, -0.05) is 54.1 Å². The van der Waals surface area contributed by atoms with Crippen LogP contribution in [0, 0.1) is 6.92 Å². The lowest BCUT2D eigenvalue weighted by Crippen LogP contribution is -3.00. The molecule has 88 valence electrons. The van der Waals surface area contributed by atoms with Crippen molar-refractivity contribution in [1.82, 2.24) is 0 Å². The molecule has 0 amide bonds. The molecule has 2 rings (SSSR count). The molecule has 0 fully saturated rings. The Morgan fingerprint density at radius 1 is 0.688 bits per heavy atom. The largest absolute Gasteiger partial charge is 1.00 e. The van der Waals surface area contributed by atoms with Gasteiger partial charge in [-0.3, -0.25) is 0 Å². The second-order valence-electron chi connectivity index (χ2n) is 2.99. The summed E-state index contributed by atoms with van der Waals surface area (Å²) in [5, 5.41) is 8.63. The first kappa shape index (κ1) is 17.6. The van der Waals surface area contributed by atoms with E-state index >= 15 is 0 Å². The van der Waals surface area contributed by atoms with Gasteiger partial charge in [0.2, 0.25) is 0 Å². The lowest BCUT2D eigenvalue weighted by molar-refractivity contribution is -0.00100. The molecule has 16 heavy (non-hydrogen) atoms. The van der Waals surface area contributed by atoms with E-state index in [1.54, 1.807) is 24.3 Å². The highest BCUT2D eigenvalue weighted by atomic mass is 79.9. The Labute approximate surface area is 118 Å². The van der Waals surface area contributed by atoms with Gasteiger partial charge in [0.15, 0.2) is 0 Å². The summed E-state index contributed by atoms with van der Waals surface area (Å²) in [5.41, 5.74) is 1.32. The molecule has 1 nitrogen and oxygen atoms in total. The standard InChI is InChI=1S/C7H8.C6H6O.2BrH/c1-7-5-3-2-4-6-7;7-6-4-2-1-3-5-6;;/h2-6H,1H3;1-5,7H;2*1H/p-2. The lowest BCUT2D eigenvalue weighted by Gasteiger charge is -1.82. The van der Waals surface area contributed by atoms with Crippen LogP contribution in [0.1, 0.15) is 5.56 Å². The van der Waals surface area contributed by atoms with Crippen molar-refractivity contribution in [3.63, 3.8) is 0 Å². The Kier molecular flexibility index (Phi) is 11.8. The number of benzene rings is 2. The minimum atomic E-state index is 0. The van der Waals surface area contributed by atoms with E-state index in [-0.39, 0.29) is 34.0 Å². The van der Waals surface area contributed by atoms with Crippen molar-refractivity contribution in [2.75, 3.05) is 0 Å². The van der Waals surface area contributed by atoms with Gasteiger partial charge in [-0.2, -0.15) is 0 Å². The smallest absolute Gasteiger partial charge is 0.115 e. The fourth-order valence-electron chi connectivity index (χ4n) is 0.962. The zero-order chi connectivity index (χ0) is 10.2. The molecule has 1 N–H and O–H groups in total. The van der Waals surface area contributed by atoms with E-state index in [2.05, 4.69) is 19.1 Å². The van der Waals surface area contributed by atoms with Crippen LogP contribution >= 0.6 is 0 Å². The summed E-state index contributed by atoms with van der Waals surface area (Å²) in [6.45, 7) is 2.08. The average Bonchev–Trinajstić information content (AvgIpc) is 2.21. The van der Waals surface area contributed by atoms with Crippen molar-refractivity contribution < 1.29 is 39.1 Å². The second kappa shape index (κ2) is 10.7. The van der Waals surface area contributed by atoms with Crippen molar-refractivity contribution in [1.29, 1.82) is 0 Å². The summed E-state index contributed by atoms with van der Waals surface area (Å²) in [6.07, 6.45) is 0. The SMILES string of the molecule is Cc1ccccc1.Oc1ccccc1.[Br-].[Br-]. The van der Waals surface area contributed by atoms with Crippen LogP contribution in [0.3, 0.4) is 0 Å². The first-order valence-corrected chi connectivity index (χ1v) is 4.54. The van der Waals surface area contributed by atoms with E-state index in [1.165, 1.54) is 5.56 Å². The fraction of sp³-hybridized carbons (Fsp3) is 0.0769. The zero-order valence-corrected chi connectivity index (χ0v) is 12.1. The highest BCUT2D eigenvalue weighted by molar-refractivity contribution is 5.18. The molecule has 0 radical (unpaired) electrons. The summed E-state index contributed by atoms with van der Waals surface area (Å²) < 4.78 is 0. The number of hydrogen-bond donors (Lipinski definition) is 1. The fourth-order valence-corrected chi connectivity index (χ4v) is 0.962. The minimum Gasteiger partial charge on any atom is -1.00 e. The molecule has 0 spiro atoms. The molecule has 0 saturated carbocycles. The molecule has 0 atom stereocenters. The van der Waals surface area contributed by atoms with Gasteiger partial charge in [0, 0.05) is 0 Å². The molecule has 0 unspecified atom stereocenters. The van der Waals surface area contributed by atoms with Crippen LogP contribution in [0.2, 0.25) is 0 Å². The van der Waals surface area contributed by atoms with Crippen LogP contribution in [0.5, 0.6) is 5.75 Å². The van der Waals surface area contributed by atoms with E-state index in [9.17, 15) is 0 Å². The number of hydrogen-bond acceptors (Lipinski definition) is 1. The van der Waals surface area contributed by atoms with Crippen molar-refractivity contribution >= 4 is 0 Å². The first-order chi connectivity index (χ1) is 6.79. The number of phenolic OH excluding ortho intramolecular Hbond substituents is 1. The normalized spacial score (nSPS) is 7.56. The molecule has 0 saturated heterocycles. The lowest BCUT2D eigenvalue weighted by atomic mass is 10.2. The van der Waals surface area contributed by atoms with Crippen molar-refractivity contribution in [3.8, 4) is 5.75 Å². The zero-order valence-electron chi connectivity index (χ0n) is 8.98. The third-order valence-electron chi connectivity index (χ3n) is 1.70. The van der Waals surface area contributed by atoms with Gasteiger partial charge in [-0.05, 0) is 19.1 Å². The predicted molar refractivity (Wildman–Crippen MR) is 59.3 cm³/mol. The number of aryl methyl sites for hydroxylation is 1. The topological polar surface area (TPSA) is 20.2 Å². The Bertz CT molecular complexity index is 311. The van der Waals surface area contributed by atoms with E-state index < -0.39 is 0 Å². The van der Waals surface area contributed by atoms with E-state index in [0.717, 1.165) is 0 Å². The maximum Gasteiger partial charge on any atom is 0.115 e. The van der Waals surface area contributed by atoms with Gasteiger partial charge in [-0.25, -0.2) is 0 Å². The molecule has 0 heterocycles. The summed E-state index contributed by atoms with van der Waals surface area (Å²) in [7, 11) is 0. The van der Waals surface area contributed by atoms with Gasteiger partial charge >= 0.3 is 0 Å². The van der Waals surface area contributed by atoms with Gasteiger partial charge in [-0.15, -0.1) is 0 Å². The number of para-hydroxylation sites is 1. The average molecular weight is 346 g/mol. The quantitative estimate of drug-likeness (QED) is 0.555. The van der Waals surface area contributed by atoms with Gasteiger partial charge in [0.25, 0.3) is 0 Å². The molecule has 0 aliphatic carbocycles. The van der Waals surface area contributed by atoms with Crippen molar-refractivity contribution in [2.24, 2.45) is 0 Å². The first-order valence-electron chi connectivity index (χ1n) is 4.54. The second-order valence-corrected chi connectivity index (χ2v) is 2.99. The maximum atomic E-state index is 8.63.